The van der Waals surface area contributed by atoms with Crippen LogP contribution in [-0.4, -0.2) is 25.0 Å². The van der Waals surface area contributed by atoms with Gasteiger partial charge in [0.05, 0.1) is 0 Å². The first-order chi connectivity index (χ1) is 11.0. The van der Waals surface area contributed by atoms with Crippen LogP contribution in [0.3, 0.4) is 0 Å². The fourth-order valence-corrected chi connectivity index (χ4v) is 4.40. The lowest BCUT2D eigenvalue weighted by Crippen LogP contribution is -2.30. The van der Waals surface area contributed by atoms with Crippen molar-refractivity contribution in [3.05, 3.63) is 17.1 Å². The molecule has 2 aromatic heterocycles. The largest absolute Gasteiger partial charge is 0.305 e. The Morgan fingerprint density at radius 2 is 1.91 bits per heavy atom. The smallest absolute Gasteiger partial charge is 0.185 e. The average molecular weight is 313 g/mol. The number of fused-ring (bicyclic) bond motifs is 3. The van der Waals surface area contributed by atoms with Gasteiger partial charge in [0, 0.05) is 22.7 Å². The highest BCUT2D eigenvalue weighted by atomic mass is 15.3. The summed E-state index contributed by atoms with van der Waals surface area (Å²) in [7, 11) is 0. The minimum absolute atomic E-state index is 0.00347. The zero-order chi connectivity index (χ0) is 16.2. The highest BCUT2D eigenvalue weighted by Gasteiger charge is 2.39. The number of nitrogens with one attached hydrogen (secondary N) is 1. The van der Waals surface area contributed by atoms with Crippen molar-refractivity contribution in [1.29, 1.82) is 0 Å². The Hall–Kier alpha value is -1.65. The number of aromatic amines is 1. The van der Waals surface area contributed by atoms with Gasteiger partial charge in [-0.1, -0.05) is 40.5 Å². The van der Waals surface area contributed by atoms with Gasteiger partial charge in [0.25, 0.3) is 0 Å². The van der Waals surface area contributed by atoms with E-state index >= 15 is 0 Å². The van der Waals surface area contributed by atoms with Crippen molar-refractivity contribution < 1.29 is 0 Å². The third kappa shape index (κ3) is 2.24. The third-order valence-electron chi connectivity index (χ3n) is 5.57. The molecular weight excluding hydrogens is 286 g/mol. The number of nitrogens with zero attached hydrogens (tertiary/aromatic N) is 4. The summed E-state index contributed by atoms with van der Waals surface area (Å²) >= 11 is 0. The van der Waals surface area contributed by atoms with Gasteiger partial charge in [-0.3, -0.25) is 5.10 Å². The van der Waals surface area contributed by atoms with E-state index in [4.69, 9.17) is 0 Å². The molecule has 5 nitrogen and oxygen atoms in total. The second kappa shape index (κ2) is 5.18. The maximum atomic E-state index is 4.58. The van der Waals surface area contributed by atoms with Crippen LogP contribution in [0.4, 0.5) is 0 Å². The van der Waals surface area contributed by atoms with E-state index in [2.05, 4.69) is 52.7 Å². The first kappa shape index (κ1) is 14.9. The number of aromatic nitrogens is 5. The monoisotopic (exact) mass is 313 g/mol. The van der Waals surface area contributed by atoms with Gasteiger partial charge >= 0.3 is 0 Å². The highest BCUT2D eigenvalue weighted by Crippen LogP contribution is 2.44. The van der Waals surface area contributed by atoms with Crippen molar-refractivity contribution in [2.24, 2.45) is 5.92 Å². The van der Waals surface area contributed by atoms with Gasteiger partial charge in [-0.15, -0.1) is 10.2 Å². The van der Waals surface area contributed by atoms with E-state index in [1.165, 1.54) is 36.9 Å². The lowest BCUT2D eigenvalue weighted by Gasteiger charge is -2.33. The number of hydrogen-bond donors (Lipinski definition) is 1. The van der Waals surface area contributed by atoms with Crippen LogP contribution >= 0.6 is 0 Å². The molecule has 1 fully saturated rings. The zero-order valence-corrected chi connectivity index (χ0v) is 14.7. The molecule has 5 heteroatoms. The van der Waals surface area contributed by atoms with Gasteiger partial charge < -0.3 is 4.57 Å². The molecule has 1 atom stereocenters. The minimum Gasteiger partial charge on any atom is -0.305 e. The molecule has 0 radical (unpaired) electrons. The fourth-order valence-electron chi connectivity index (χ4n) is 4.40. The quantitative estimate of drug-likeness (QED) is 0.917. The Bertz CT molecular complexity index is 712. The summed E-state index contributed by atoms with van der Waals surface area (Å²) in [5.41, 5.74) is 3.68. The van der Waals surface area contributed by atoms with E-state index in [1.807, 2.05) is 0 Å². The van der Waals surface area contributed by atoms with Crippen molar-refractivity contribution in [1.82, 2.24) is 25.0 Å². The molecule has 0 spiro atoms. The number of H-pyrrole nitrogens is 1. The minimum atomic E-state index is 0.00347. The van der Waals surface area contributed by atoms with Crippen LogP contribution in [0.1, 0.15) is 76.5 Å². The molecule has 2 aromatic rings. The molecule has 0 bridgehead atoms. The highest BCUT2D eigenvalue weighted by molar-refractivity contribution is 5.59. The molecule has 124 valence electrons. The van der Waals surface area contributed by atoms with Gasteiger partial charge in [0.2, 0.25) is 0 Å². The lowest BCUT2D eigenvalue weighted by molar-refractivity contribution is 0.308. The molecule has 1 unspecified atom stereocenters. The number of hydrogen-bond acceptors (Lipinski definition) is 3. The van der Waals surface area contributed by atoms with Crippen molar-refractivity contribution in [3.8, 4) is 11.5 Å². The molecule has 1 saturated carbocycles. The van der Waals surface area contributed by atoms with Gasteiger partial charge in [-0.2, -0.15) is 5.10 Å². The lowest BCUT2D eigenvalue weighted by atomic mass is 9.86. The fraction of sp³-hybridized carbons (Fsp3) is 0.722. The number of rotatable bonds is 2. The molecule has 4 rings (SSSR count). The Morgan fingerprint density at radius 3 is 2.57 bits per heavy atom. The van der Waals surface area contributed by atoms with Crippen LogP contribution in [0.15, 0.2) is 0 Å². The normalized spacial score (nSPS) is 21.5. The first-order valence-electron chi connectivity index (χ1n) is 9.02. The maximum absolute atomic E-state index is 4.58. The molecule has 3 heterocycles. The Morgan fingerprint density at radius 1 is 1.17 bits per heavy atom. The van der Waals surface area contributed by atoms with Crippen LogP contribution in [0.25, 0.3) is 11.5 Å². The molecule has 0 amide bonds. The van der Waals surface area contributed by atoms with Gasteiger partial charge in [-0.25, -0.2) is 0 Å². The van der Waals surface area contributed by atoms with Crippen LogP contribution in [0, 0.1) is 5.92 Å². The van der Waals surface area contributed by atoms with E-state index in [0.717, 1.165) is 36.1 Å². The van der Waals surface area contributed by atoms with Crippen LogP contribution in [-0.2, 0) is 18.3 Å². The zero-order valence-electron chi connectivity index (χ0n) is 14.7. The maximum Gasteiger partial charge on any atom is 0.185 e. The van der Waals surface area contributed by atoms with Crippen molar-refractivity contribution >= 4 is 0 Å². The Labute approximate surface area is 137 Å². The summed E-state index contributed by atoms with van der Waals surface area (Å²) in [6, 6.07) is 0.493. The van der Waals surface area contributed by atoms with Crippen molar-refractivity contribution in [2.75, 3.05) is 0 Å². The average Bonchev–Trinajstić information content (AvgIpc) is 3.23. The predicted octanol–water partition coefficient (Wildman–Crippen LogP) is 3.82. The second-order valence-corrected chi connectivity index (χ2v) is 8.17. The van der Waals surface area contributed by atoms with E-state index in [0.29, 0.717) is 6.04 Å². The second-order valence-electron chi connectivity index (χ2n) is 8.17. The molecule has 2 aliphatic rings. The summed E-state index contributed by atoms with van der Waals surface area (Å²) in [4.78, 5) is 0. The van der Waals surface area contributed by atoms with E-state index in [-0.39, 0.29) is 5.41 Å². The molecule has 0 aromatic carbocycles. The van der Waals surface area contributed by atoms with E-state index in [9.17, 15) is 0 Å². The summed E-state index contributed by atoms with van der Waals surface area (Å²) in [5, 5.41) is 17.0. The molecule has 1 N–H and O–H groups in total. The SMILES string of the molecule is CCc1[nH]nc2c1CC(C1CCCC1)n1c-2nnc1C(C)(C)C. The van der Waals surface area contributed by atoms with Crippen molar-refractivity contribution in [2.45, 2.75) is 77.7 Å². The Kier molecular flexibility index (Phi) is 3.36. The van der Waals surface area contributed by atoms with Crippen molar-refractivity contribution in [3.63, 3.8) is 0 Å². The van der Waals surface area contributed by atoms with Gasteiger partial charge in [0.15, 0.2) is 5.82 Å². The number of aryl methyl sites for hydroxylation is 1. The van der Waals surface area contributed by atoms with Crippen LogP contribution in [0.2, 0.25) is 0 Å². The van der Waals surface area contributed by atoms with Gasteiger partial charge in [0.1, 0.15) is 11.5 Å². The van der Waals surface area contributed by atoms with E-state index in [1.54, 1.807) is 0 Å². The molecule has 0 saturated heterocycles. The van der Waals surface area contributed by atoms with Crippen LogP contribution < -0.4 is 0 Å². The Balaban J connectivity index is 1.89. The van der Waals surface area contributed by atoms with Crippen LogP contribution in [0.5, 0.6) is 0 Å². The summed E-state index contributed by atoms with van der Waals surface area (Å²) in [5.74, 6) is 2.83. The molecule has 1 aliphatic carbocycles. The third-order valence-corrected chi connectivity index (χ3v) is 5.57. The summed E-state index contributed by atoms with van der Waals surface area (Å²) in [6.45, 7) is 8.88. The standard InChI is InChI=1S/C18H27N5/c1-5-13-12-10-14(11-8-6-7-9-11)23-16(15(12)20-19-13)21-22-17(23)18(2,3)4/h11,14H,5-10H2,1-4H3,(H,19,20). The molecule has 1 aliphatic heterocycles. The van der Waals surface area contributed by atoms with E-state index < -0.39 is 0 Å². The topological polar surface area (TPSA) is 59.4 Å². The summed E-state index contributed by atoms with van der Waals surface area (Å²) in [6.07, 6.45) is 7.47. The van der Waals surface area contributed by atoms with Gasteiger partial charge in [-0.05, 0) is 31.6 Å². The first-order valence-corrected chi connectivity index (χ1v) is 9.02. The predicted molar refractivity (Wildman–Crippen MR) is 90.4 cm³/mol. The molecule has 23 heavy (non-hydrogen) atoms. The summed E-state index contributed by atoms with van der Waals surface area (Å²) < 4.78 is 2.43. The molecular formula is C18H27N5.